The Morgan fingerprint density at radius 1 is 0.929 bits per heavy atom. The minimum absolute atomic E-state index is 0.149. The second-order valence-corrected chi connectivity index (χ2v) is 7.55. The van der Waals surface area contributed by atoms with Crippen LogP contribution in [0.3, 0.4) is 0 Å². The first-order chi connectivity index (χ1) is 13.6. The molecule has 0 aromatic rings. The molecule has 0 amide bonds. The summed E-state index contributed by atoms with van der Waals surface area (Å²) >= 11 is 0. The number of carbonyl (C=O) groups excluding carboxylic acids is 2. The molecule has 0 saturated carbocycles. The van der Waals surface area contributed by atoms with Crippen molar-refractivity contribution in [2.75, 3.05) is 19.8 Å². The highest BCUT2D eigenvalue weighted by Crippen LogP contribution is 2.21. The molecule has 1 fully saturated rings. The average molecular weight is 401 g/mol. The molecule has 0 aliphatic carbocycles. The van der Waals surface area contributed by atoms with E-state index in [-0.39, 0.29) is 36.7 Å². The molecular formula is C22H40O6. The fourth-order valence-electron chi connectivity index (χ4n) is 3.70. The molecule has 1 rings (SSSR count). The minimum Gasteiger partial charge on any atom is -0.466 e. The summed E-state index contributed by atoms with van der Waals surface area (Å²) in [5.41, 5.74) is 0. The summed E-state index contributed by atoms with van der Waals surface area (Å²) in [7, 11) is 0. The maximum absolute atomic E-state index is 11.6. The number of rotatable bonds is 15. The van der Waals surface area contributed by atoms with Crippen LogP contribution in [0, 0.1) is 0 Å². The van der Waals surface area contributed by atoms with Gasteiger partial charge in [0.25, 0.3) is 0 Å². The van der Waals surface area contributed by atoms with Crippen molar-refractivity contribution >= 4 is 11.9 Å². The fourth-order valence-corrected chi connectivity index (χ4v) is 3.70. The van der Waals surface area contributed by atoms with E-state index in [4.69, 9.17) is 18.9 Å². The molecule has 6 heteroatoms. The molecule has 0 radical (unpaired) electrons. The fraction of sp³-hybridized carbons (Fsp3) is 0.909. The smallest absolute Gasteiger partial charge is 0.309 e. The van der Waals surface area contributed by atoms with Crippen LogP contribution in [0.4, 0.5) is 0 Å². The Hall–Kier alpha value is -1.14. The summed E-state index contributed by atoms with van der Waals surface area (Å²) in [5, 5.41) is 0. The van der Waals surface area contributed by atoms with Gasteiger partial charge in [0, 0.05) is 6.92 Å². The van der Waals surface area contributed by atoms with Gasteiger partial charge in [-0.05, 0) is 32.6 Å². The normalized spacial score (nSPS) is 20.5. The number of hydrogen-bond acceptors (Lipinski definition) is 6. The van der Waals surface area contributed by atoms with Crippen LogP contribution in [0.25, 0.3) is 0 Å². The summed E-state index contributed by atoms with van der Waals surface area (Å²) in [6.45, 7) is 7.14. The molecule has 0 aromatic carbocycles. The number of ether oxygens (including phenoxy) is 4. The third-order valence-corrected chi connectivity index (χ3v) is 5.03. The molecular weight excluding hydrogens is 360 g/mol. The van der Waals surface area contributed by atoms with E-state index < -0.39 is 0 Å². The monoisotopic (exact) mass is 400 g/mol. The molecule has 0 spiro atoms. The molecule has 0 N–H and O–H groups in total. The highest BCUT2D eigenvalue weighted by molar-refractivity contribution is 5.71. The van der Waals surface area contributed by atoms with Crippen LogP contribution in [0.2, 0.25) is 0 Å². The molecule has 3 unspecified atom stereocenters. The predicted molar refractivity (Wildman–Crippen MR) is 108 cm³/mol. The molecule has 164 valence electrons. The van der Waals surface area contributed by atoms with Crippen molar-refractivity contribution in [3.63, 3.8) is 0 Å². The molecule has 1 aliphatic heterocycles. The summed E-state index contributed by atoms with van der Waals surface area (Å²) in [4.78, 5) is 22.8. The second-order valence-electron chi connectivity index (χ2n) is 7.55. The van der Waals surface area contributed by atoms with Gasteiger partial charge in [-0.1, -0.05) is 45.4 Å². The third kappa shape index (κ3) is 11.6. The van der Waals surface area contributed by atoms with E-state index in [0.717, 1.165) is 51.7 Å². The molecule has 3 atom stereocenters. The first-order valence-electron chi connectivity index (χ1n) is 11.1. The van der Waals surface area contributed by atoms with Gasteiger partial charge in [0.2, 0.25) is 0 Å². The number of carbonyl (C=O) groups is 2. The van der Waals surface area contributed by atoms with Gasteiger partial charge in [-0.15, -0.1) is 0 Å². The maximum atomic E-state index is 11.6. The lowest BCUT2D eigenvalue weighted by Gasteiger charge is -2.32. The van der Waals surface area contributed by atoms with Gasteiger partial charge >= 0.3 is 11.9 Å². The van der Waals surface area contributed by atoms with Crippen LogP contribution in [0.1, 0.15) is 91.4 Å². The number of hydrogen-bond donors (Lipinski definition) is 0. The van der Waals surface area contributed by atoms with E-state index in [0.29, 0.717) is 13.0 Å². The highest BCUT2D eigenvalue weighted by Gasteiger charge is 2.25. The summed E-state index contributed by atoms with van der Waals surface area (Å²) in [6, 6.07) is 0. The molecule has 1 saturated heterocycles. The van der Waals surface area contributed by atoms with Gasteiger partial charge in [-0.25, -0.2) is 0 Å². The molecule has 1 heterocycles. The molecule has 1 aliphatic rings. The van der Waals surface area contributed by atoms with Gasteiger partial charge in [0.15, 0.2) is 0 Å². The zero-order chi connectivity index (χ0) is 20.6. The van der Waals surface area contributed by atoms with Crippen molar-refractivity contribution in [3.05, 3.63) is 0 Å². The van der Waals surface area contributed by atoms with Crippen molar-refractivity contribution in [2.24, 2.45) is 0 Å². The second kappa shape index (κ2) is 15.7. The summed E-state index contributed by atoms with van der Waals surface area (Å²) in [6.07, 6.45) is 11.1. The van der Waals surface area contributed by atoms with Crippen molar-refractivity contribution in [1.29, 1.82) is 0 Å². The Morgan fingerprint density at radius 2 is 1.54 bits per heavy atom. The molecule has 0 aromatic heterocycles. The summed E-state index contributed by atoms with van der Waals surface area (Å²) < 4.78 is 21.9. The third-order valence-electron chi connectivity index (χ3n) is 5.03. The Morgan fingerprint density at radius 3 is 2.14 bits per heavy atom. The Labute approximate surface area is 170 Å². The predicted octanol–water partition coefficient (Wildman–Crippen LogP) is 4.58. The van der Waals surface area contributed by atoms with Crippen LogP contribution in [0.15, 0.2) is 0 Å². The Kier molecular flexibility index (Phi) is 14.0. The largest absolute Gasteiger partial charge is 0.466 e. The van der Waals surface area contributed by atoms with E-state index in [1.165, 1.54) is 26.2 Å². The van der Waals surface area contributed by atoms with Crippen LogP contribution < -0.4 is 0 Å². The van der Waals surface area contributed by atoms with E-state index in [1.54, 1.807) is 6.92 Å². The standard InChI is InChI=1S/C22H40O6/c1-4-12-20-21(27-16-15-26-20)14-11-9-7-6-8-10-13-19(28-18(3)23)17-22(24)25-5-2/h19-21H,4-17H2,1-3H3. The number of esters is 2. The van der Waals surface area contributed by atoms with Gasteiger partial charge in [0.05, 0.1) is 38.4 Å². The molecule has 0 bridgehead atoms. The molecule has 28 heavy (non-hydrogen) atoms. The van der Waals surface area contributed by atoms with Crippen LogP contribution in [-0.2, 0) is 28.5 Å². The van der Waals surface area contributed by atoms with Gasteiger partial charge < -0.3 is 18.9 Å². The van der Waals surface area contributed by atoms with Crippen molar-refractivity contribution in [3.8, 4) is 0 Å². The van der Waals surface area contributed by atoms with E-state index in [2.05, 4.69) is 6.92 Å². The Bertz CT molecular complexity index is 423. The molecule has 6 nitrogen and oxygen atoms in total. The van der Waals surface area contributed by atoms with Gasteiger partial charge in [-0.2, -0.15) is 0 Å². The van der Waals surface area contributed by atoms with Gasteiger partial charge in [-0.3, -0.25) is 9.59 Å². The maximum Gasteiger partial charge on any atom is 0.309 e. The zero-order valence-corrected chi connectivity index (χ0v) is 18.1. The lowest BCUT2D eigenvalue weighted by atomic mass is 10.00. The van der Waals surface area contributed by atoms with E-state index in [1.807, 2.05) is 0 Å². The quantitative estimate of drug-likeness (QED) is 0.296. The Balaban J connectivity index is 2.09. The number of unbranched alkanes of at least 4 members (excludes halogenated alkanes) is 5. The average Bonchev–Trinajstić information content (AvgIpc) is 2.65. The minimum atomic E-state index is -0.365. The lowest BCUT2D eigenvalue weighted by Crippen LogP contribution is -2.38. The first-order valence-corrected chi connectivity index (χ1v) is 11.1. The SMILES string of the molecule is CCCC1OCCOC1CCCCCCCCC(CC(=O)OCC)OC(C)=O. The van der Waals surface area contributed by atoms with Crippen LogP contribution in [-0.4, -0.2) is 50.1 Å². The van der Waals surface area contributed by atoms with Crippen molar-refractivity contribution in [1.82, 2.24) is 0 Å². The topological polar surface area (TPSA) is 71.1 Å². The summed E-state index contributed by atoms with van der Waals surface area (Å²) in [5.74, 6) is -0.645. The van der Waals surface area contributed by atoms with Gasteiger partial charge in [0.1, 0.15) is 6.10 Å². The van der Waals surface area contributed by atoms with E-state index >= 15 is 0 Å². The van der Waals surface area contributed by atoms with E-state index in [9.17, 15) is 9.59 Å². The van der Waals surface area contributed by atoms with Crippen LogP contribution in [0.5, 0.6) is 0 Å². The van der Waals surface area contributed by atoms with Crippen molar-refractivity contribution in [2.45, 2.75) is 110 Å². The first kappa shape index (κ1) is 24.9. The van der Waals surface area contributed by atoms with Crippen LogP contribution >= 0.6 is 0 Å². The zero-order valence-electron chi connectivity index (χ0n) is 18.1. The highest BCUT2D eigenvalue weighted by atomic mass is 16.6. The lowest BCUT2D eigenvalue weighted by molar-refractivity contribution is -0.153. The van der Waals surface area contributed by atoms with Crippen molar-refractivity contribution < 1.29 is 28.5 Å².